The Hall–Kier alpha value is -1.35. The standard InChI is InChI=1S/C16H24N2O/c1-11(18-15(19)13-9-17-10-13)12-5-7-14(8-6-12)16(2,3)4/h5-8,11,13,17H,9-10H2,1-4H3,(H,18,19). The summed E-state index contributed by atoms with van der Waals surface area (Å²) in [5.41, 5.74) is 2.65. The van der Waals surface area contributed by atoms with Crippen molar-refractivity contribution in [1.29, 1.82) is 0 Å². The summed E-state index contributed by atoms with van der Waals surface area (Å²) in [5.74, 6) is 0.308. The predicted octanol–water partition coefficient (Wildman–Crippen LogP) is 2.38. The SMILES string of the molecule is CC(NC(=O)C1CNC1)c1ccc(C(C)(C)C)cc1. The molecule has 1 aliphatic heterocycles. The number of nitrogens with one attached hydrogen (secondary N) is 2. The molecule has 1 heterocycles. The van der Waals surface area contributed by atoms with Crippen molar-refractivity contribution in [3.8, 4) is 0 Å². The first-order valence-corrected chi connectivity index (χ1v) is 6.99. The molecule has 0 aromatic heterocycles. The smallest absolute Gasteiger partial charge is 0.226 e. The van der Waals surface area contributed by atoms with Gasteiger partial charge in [0.25, 0.3) is 0 Å². The van der Waals surface area contributed by atoms with Crippen LogP contribution in [0.25, 0.3) is 0 Å². The lowest BCUT2D eigenvalue weighted by atomic mass is 9.86. The average molecular weight is 260 g/mol. The first-order valence-electron chi connectivity index (χ1n) is 6.99. The van der Waals surface area contributed by atoms with Gasteiger partial charge in [-0.15, -0.1) is 0 Å². The minimum atomic E-state index is 0.0714. The second-order valence-electron chi connectivity index (χ2n) is 6.46. The molecule has 1 unspecified atom stereocenters. The van der Waals surface area contributed by atoms with E-state index in [1.54, 1.807) is 0 Å². The summed E-state index contributed by atoms with van der Waals surface area (Å²) in [7, 11) is 0. The summed E-state index contributed by atoms with van der Waals surface area (Å²) in [6.45, 7) is 10.3. The van der Waals surface area contributed by atoms with E-state index in [-0.39, 0.29) is 23.3 Å². The predicted molar refractivity (Wildman–Crippen MR) is 78.1 cm³/mol. The summed E-state index contributed by atoms with van der Waals surface area (Å²) in [6.07, 6.45) is 0. The van der Waals surface area contributed by atoms with Crippen molar-refractivity contribution >= 4 is 5.91 Å². The Morgan fingerprint density at radius 3 is 2.26 bits per heavy atom. The molecular formula is C16H24N2O. The summed E-state index contributed by atoms with van der Waals surface area (Å²) in [5, 5.41) is 6.20. The van der Waals surface area contributed by atoms with E-state index in [9.17, 15) is 4.79 Å². The van der Waals surface area contributed by atoms with Crippen LogP contribution in [0.5, 0.6) is 0 Å². The molecule has 0 spiro atoms. The lowest BCUT2D eigenvalue weighted by molar-refractivity contribution is -0.127. The third kappa shape index (κ3) is 3.35. The third-order valence-corrected chi connectivity index (χ3v) is 3.79. The van der Waals surface area contributed by atoms with Crippen LogP contribution in [0.2, 0.25) is 0 Å². The van der Waals surface area contributed by atoms with E-state index in [1.165, 1.54) is 5.56 Å². The molecule has 0 bridgehead atoms. The maximum Gasteiger partial charge on any atom is 0.226 e. The van der Waals surface area contributed by atoms with Crippen LogP contribution in [-0.2, 0) is 10.2 Å². The van der Waals surface area contributed by atoms with Gasteiger partial charge in [-0.1, -0.05) is 45.0 Å². The van der Waals surface area contributed by atoms with E-state index in [0.717, 1.165) is 18.7 Å². The Bertz CT molecular complexity index is 441. The number of carbonyl (C=O) groups is 1. The summed E-state index contributed by atoms with van der Waals surface area (Å²) >= 11 is 0. The molecule has 1 saturated heterocycles. The number of rotatable bonds is 3. The zero-order valence-corrected chi connectivity index (χ0v) is 12.3. The van der Waals surface area contributed by atoms with Crippen molar-refractivity contribution in [3.05, 3.63) is 35.4 Å². The van der Waals surface area contributed by atoms with E-state index >= 15 is 0 Å². The van der Waals surface area contributed by atoms with Crippen LogP contribution in [0.15, 0.2) is 24.3 Å². The Balaban J connectivity index is 1.99. The normalized spacial score (nSPS) is 17.7. The second-order valence-corrected chi connectivity index (χ2v) is 6.46. The molecule has 3 heteroatoms. The summed E-state index contributed by atoms with van der Waals surface area (Å²) in [6, 6.07) is 8.61. The second kappa shape index (κ2) is 5.33. The minimum Gasteiger partial charge on any atom is -0.349 e. The maximum atomic E-state index is 11.9. The van der Waals surface area contributed by atoms with E-state index in [2.05, 4.69) is 55.7 Å². The molecule has 2 rings (SSSR count). The molecule has 2 N–H and O–H groups in total. The molecule has 1 aliphatic rings. The third-order valence-electron chi connectivity index (χ3n) is 3.79. The number of benzene rings is 1. The van der Waals surface area contributed by atoms with Crippen molar-refractivity contribution in [2.24, 2.45) is 5.92 Å². The molecule has 3 nitrogen and oxygen atoms in total. The summed E-state index contributed by atoms with van der Waals surface area (Å²) < 4.78 is 0. The van der Waals surface area contributed by atoms with Crippen molar-refractivity contribution in [2.75, 3.05) is 13.1 Å². The largest absolute Gasteiger partial charge is 0.349 e. The van der Waals surface area contributed by atoms with Crippen LogP contribution in [0.1, 0.15) is 44.9 Å². The lowest BCUT2D eigenvalue weighted by Crippen LogP contribution is -2.51. The molecule has 1 aromatic carbocycles. The Morgan fingerprint density at radius 2 is 1.84 bits per heavy atom. The van der Waals surface area contributed by atoms with Gasteiger partial charge < -0.3 is 10.6 Å². The molecule has 1 fully saturated rings. The fourth-order valence-corrected chi connectivity index (χ4v) is 2.16. The van der Waals surface area contributed by atoms with Crippen LogP contribution in [0.3, 0.4) is 0 Å². The Labute approximate surface area is 115 Å². The number of amides is 1. The molecule has 0 saturated carbocycles. The zero-order chi connectivity index (χ0) is 14.0. The fraction of sp³-hybridized carbons (Fsp3) is 0.562. The van der Waals surface area contributed by atoms with Crippen LogP contribution in [0.4, 0.5) is 0 Å². The molecular weight excluding hydrogens is 236 g/mol. The summed E-state index contributed by atoms with van der Waals surface area (Å²) in [4.78, 5) is 11.9. The lowest BCUT2D eigenvalue weighted by Gasteiger charge is -2.28. The quantitative estimate of drug-likeness (QED) is 0.876. The van der Waals surface area contributed by atoms with Crippen molar-refractivity contribution in [3.63, 3.8) is 0 Å². The van der Waals surface area contributed by atoms with Gasteiger partial charge in [0.1, 0.15) is 0 Å². The zero-order valence-electron chi connectivity index (χ0n) is 12.3. The molecule has 1 atom stereocenters. The van der Waals surface area contributed by atoms with Crippen LogP contribution in [0, 0.1) is 5.92 Å². The van der Waals surface area contributed by atoms with Crippen molar-refractivity contribution < 1.29 is 4.79 Å². The van der Waals surface area contributed by atoms with Crippen LogP contribution >= 0.6 is 0 Å². The topological polar surface area (TPSA) is 41.1 Å². The highest BCUT2D eigenvalue weighted by molar-refractivity contribution is 5.80. The van der Waals surface area contributed by atoms with Gasteiger partial charge in [0.2, 0.25) is 5.91 Å². The van der Waals surface area contributed by atoms with E-state index in [4.69, 9.17) is 0 Å². The molecule has 0 aliphatic carbocycles. The molecule has 104 valence electrons. The first kappa shape index (κ1) is 14.1. The highest BCUT2D eigenvalue weighted by Gasteiger charge is 2.25. The average Bonchev–Trinajstić information content (AvgIpc) is 2.25. The highest BCUT2D eigenvalue weighted by Crippen LogP contribution is 2.24. The van der Waals surface area contributed by atoms with Gasteiger partial charge in [-0.2, -0.15) is 0 Å². The van der Waals surface area contributed by atoms with Gasteiger partial charge in [0.05, 0.1) is 12.0 Å². The van der Waals surface area contributed by atoms with E-state index in [1.807, 2.05) is 6.92 Å². The van der Waals surface area contributed by atoms with Crippen LogP contribution < -0.4 is 10.6 Å². The van der Waals surface area contributed by atoms with Crippen LogP contribution in [-0.4, -0.2) is 19.0 Å². The van der Waals surface area contributed by atoms with Gasteiger partial charge in [0.15, 0.2) is 0 Å². The van der Waals surface area contributed by atoms with Gasteiger partial charge in [-0.05, 0) is 23.5 Å². The maximum absolute atomic E-state index is 11.9. The van der Waals surface area contributed by atoms with Gasteiger partial charge in [-0.3, -0.25) is 4.79 Å². The van der Waals surface area contributed by atoms with E-state index < -0.39 is 0 Å². The van der Waals surface area contributed by atoms with Crippen molar-refractivity contribution in [2.45, 2.75) is 39.2 Å². The molecule has 19 heavy (non-hydrogen) atoms. The van der Waals surface area contributed by atoms with Gasteiger partial charge in [-0.25, -0.2) is 0 Å². The monoisotopic (exact) mass is 260 g/mol. The molecule has 1 aromatic rings. The highest BCUT2D eigenvalue weighted by atomic mass is 16.2. The molecule has 0 radical (unpaired) electrons. The van der Waals surface area contributed by atoms with Crippen molar-refractivity contribution in [1.82, 2.24) is 10.6 Å². The number of carbonyl (C=O) groups excluding carboxylic acids is 1. The fourth-order valence-electron chi connectivity index (χ4n) is 2.16. The van der Waals surface area contributed by atoms with Gasteiger partial charge in [0, 0.05) is 13.1 Å². The minimum absolute atomic E-state index is 0.0714. The number of hydrogen-bond acceptors (Lipinski definition) is 2. The molecule has 1 amide bonds. The van der Waals surface area contributed by atoms with E-state index in [0.29, 0.717) is 0 Å². The Morgan fingerprint density at radius 1 is 1.26 bits per heavy atom. The van der Waals surface area contributed by atoms with Gasteiger partial charge >= 0.3 is 0 Å². The number of hydrogen-bond donors (Lipinski definition) is 2. The first-order chi connectivity index (χ1) is 8.88. The Kier molecular flexibility index (Phi) is 3.95.